The highest BCUT2D eigenvalue weighted by Crippen LogP contribution is 2.25. The summed E-state index contributed by atoms with van der Waals surface area (Å²) < 4.78 is 38.5. The summed E-state index contributed by atoms with van der Waals surface area (Å²) in [5.74, 6) is 0.894. The Bertz CT molecular complexity index is 873. The van der Waals surface area contributed by atoms with Crippen LogP contribution in [0.5, 0.6) is 0 Å². The predicted molar refractivity (Wildman–Crippen MR) is 101 cm³/mol. The van der Waals surface area contributed by atoms with Gasteiger partial charge in [0.15, 0.2) is 5.82 Å². The Balaban J connectivity index is 1.85. The van der Waals surface area contributed by atoms with Gasteiger partial charge in [0.2, 0.25) is 10.0 Å². The number of morpholine rings is 1. The van der Waals surface area contributed by atoms with E-state index >= 15 is 0 Å². The summed E-state index contributed by atoms with van der Waals surface area (Å²) in [6.07, 6.45) is 0.348. The smallest absolute Gasteiger partial charge is 0.257 e. The summed E-state index contributed by atoms with van der Waals surface area (Å²) in [6.45, 7) is 6.45. The largest absolute Gasteiger partial charge is 0.373 e. The lowest BCUT2D eigenvalue weighted by Crippen LogP contribution is -2.48. The number of nitrogens with zero attached hydrogens (tertiary/aromatic N) is 3. The zero-order valence-electron chi connectivity index (χ0n) is 16.0. The van der Waals surface area contributed by atoms with Crippen LogP contribution < -0.4 is 5.32 Å². The van der Waals surface area contributed by atoms with Gasteiger partial charge >= 0.3 is 0 Å². The molecule has 3 atom stereocenters. The van der Waals surface area contributed by atoms with E-state index < -0.39 is 10.0 Å². The monoisotopic (exact) mass is 394 g/mol. The van der Waals surface area contributed by atoms with E-state index in [0.29, 0.717) is 36.8 Å². The molecule has 0 spiro atoms. The van der Waals surface area contributed by atoms with Gasteiger partial charge in [-0.3, -0.25) is 0 Å². The van der Waals surface area contributed by atoms with Crippen LogP contribution in [0, 0.1) is 0 Å². The number of benzene rings is 1. The van der Waals surface area contributed by atoms with E-state index in [-0.39, 0.29) is 23.1 Å². The van der Waals surface area contributed by atoms with Crippen molar-refractivity contribution in [2.75, 3.05) is 20.1 Å². The maximum atomic E-state index is 13.0. The zero-order valence-corrected chi connectivity index (χ0v) is 16.9. The summed E-state index contributed by atoms with van der Waals surface area (Å²) in [5, 5.41) is 7.10. The molecule has 3 rings (SSSR count). The highest BCUT2D eigenvalue weighted by molar-refractivity contribution is 7.89. The van der Waals surface area contributed by atoms with E-state index in [9.17, 15) is 8.42 Å². The minimum atomic E-state index is -3.62. The third-order valence-corrected chi connectivity index (χ3v) is 6.38. The van der Waals surface area contributed by atoms with Crippen molar-refractivity contribution in [3.63, 3.8) is 0 Å². The highest BCUT2D eigenvalue weighted by atomic mass is 32.2. The molecule has 1 aliphatic heterocycles. The number of ether oxygens (including phenoxy) is 1. The first-order valence-corrected chi connectivity index (χ1v) is 10.5. The maximum absolute atomic E-state index is 13.0. The molecule has 8 nitrogen and oxygen atoms in total. The number of hydrogen-bond acceptors (Lipinski definition) is 7. The molecule has 1 N–H and O–H groups in total. The first kappa shape index (κ1) is 19.9. The van der Waals surface area contributed by atoms with E-state index in [1.54, 1.807) is 24.3 Å². The Hall–Kier alpha value is -1.81. The Morgan fingerprint density at radius 3 is 2.67 bits per heavy atom. The van der Waals surface area contributed by atoms with E-state index in [4.69, 9.17) is 9.26 Å². The first-order chi connectivity index (χ1) is 12.8. The van der Waals surface area contributed by atoms with Gasteiger partial charge in [0.1, 0.15) is 0 Å². The van der Waals surface area contributed by atoms with Crippen molar-refractivity contribution in [2.24, 2.45) is 0 Å². The van der Waals surface area contributed by atoms with Gasteiger partial charge in [0.25, 0.3) is 5.89 Å². The van der Waals surface area contributed by atoms with Crippen LogP contribution >= 0.6 is 0 Å². The minimum Gasteiger partial charge on any atom is -0.373 e. The SMILES string of the molecule is CNC(C)Cc1noc(-c2cccc(S(=O)(=O)N3CC(C)OC(C)C3)c2)n1. The van der Waals surface area contributed by atoms with Crippen molar-refractivity contribution >= 4 is 10.0 Å². The number of rotatable bonds is 6. The van der Waals surface area contributed by atoms with E-state index in [1.165, 1.54) is 4.31 Å². The summed E-state index contributed by atoms with van der Waals surface area (Å²) >= 11 is 0. The van der Waals surface area contributed by atoms with Gasteiger partial charge in [-0.05, 0) is 46.0 Å². The standard InChI is InChI=1S/C18H26N4O4S/c1-12(19-4)8-17-20-18(26-21-17)15-6-5-7-16(9-15)27(23,24)22-10-13(2)25-14(3)11-22/h5-7,9,12-14,19H,8,10-11H2,1-4H3. The summed E-state index contributed by atoms with van der Waals surface area (Å²) in [6, 6.07) is 6.84. The fourth-order valence-electron chi connectivity index (χ4n) is 3.10. The highest BCUT2D eigenvalue weighted by Gasteiger charge is 2.32. The lowest BCUT2D eigenvalue weighted by Gasteiger charge is -2.34. The quantitative estimate of drug-likeness (QED) is 0.796. The molecule has 3 unspecified atom stereocenters. The van der Waals surface area contributed by atoms with Gasteiger partial charge in [-0.25, -0.2) is 8.42 Å². The molecule has 148 valence electrons. The minimum absolute atomic E-state index is 0.139. The lowest BCUT2D eigenvalue weighted by molar-refractivity contribution is -0.0440. The van der Waals surface area contributed by atoms with Gasteiger partial charge in [0, 0.05) is 31.1 Å². The second-order valence-electron chi connectivity index (χ2n) is 7.02. The summed E-state index contributed by atoms with van der Waals surface area (Å²) in [5.41, 5.74) is 0.585. The van der Waals surface area contributed by atoms with Crippen LogP contribution in [0.1, 0.15) is 26.6 Å². The average molecular weight is 394 g/mol. The van der Waals surface area contributed by atoms with Crippen molar-refractivity contribution in [1.82, 2.24) is 19.8 Å². The molecule has 0 amide bonds. The fourth-order valence-corrected chi connectivity index (χ4v) is 4.73. The third-order valence-electron chi connectivity index (χ3n) is 4.55. The predicted octanol–water partition coefficient (Wildman–Crippen LogP) is 1.68. The van der Waals surface area contributed by atoms with Gasteiger partial charge in [-0.1, -0.05) is 11.2 Å². The van der Waals surface area contributed by atoms with Crippen LogP contribution in [0.15, 0.2) is 33.7 Å². The normalized spacial score (nSPS) is 22.7. The molecule has 1 aliphatic rings. The Morgan fingerprint density at radius 2 is 2.00 bits per heavy atom. The number of aromatic nitrogens is 2. The van der Waals surface area contributed by atoms with Crippen LogP contribution in [0.25, 0.3) is 11.5 Å². The molecule has 1 saturated heterocycles. The van der Waals surface area contributed by atoms with Crippen molar-refractivity contribution in [3.05, 3.63) is 30.1 Å². The molecule has 0 radical (unpaired) electrons. The average Bonchev–Trinajstić information content (AvgIpc) is 3.09. The molecule has 2 aromatic rings. The second-order valence-corrected chi connectivity index (χ2v) is 8.95. The van der Waals surface area contributed by atoms with Gasteiger partial charge in [0.05, 0.1) is 17.1 Å². The molecule has 27 heavy (non-hydrogen) atoms. The molecule has 0 saturated carbocycles. The molecule has 2 heterocycles. The van der Waals surface area contributed by atoms with Crippen LogP contribution in [0.4, 0.5) is 0 Å². The molecule has 9 heteroatoms. The Kier molecular flexibility index (Phi) is 5.95. The molecular weight excluding hydrogens is 368 g/mol. The van der Waals surface area contributed by atoms with Crippen molar-refractivity contribution in [2.45, 2.75) is 50.3 Å². The van der Waals surface area contributed by atoms with Crippen LogP contribution in [0.3, 0.4) is 0 Å². The molecular formula is C18H26N4O4S. The van der Waals surface area contributed by atoms with Crippen LogP contribution in [-0.2, 0) is 21.2 Å². The maximum Gasteiger partial charge on any atom is 0.257 e. The van der Waals surface area contributed by atoms with Crippen molar-refractivity contribution < 1.29 is 17.7 Å². The number of hydrogen-bond donors (Lipinski definition) is 1. The van der Waals surface area contributed by atoms with Crippen LogP contribution in [-0.4, -0.2) is 61.3 Å². The van der Waals surface area contributed by atoms with Crippen molar-refractivity contribution in [1.29, 1.82) is 0 Å². The summed E-state index contributed by atoms with van der Waals surface area (Å²) in [4.78, 5) is 4.59. The molecule has 1 aromatic carbocycles. The molecule has 1 fully saturated rings. The Labute approximate surface area is 160 Å². The van der Waals surface area contributed by atoms with E-state index in [1.807, 2.05) is 27.8 Å². The molecule has 0 bridgehead atoms. The summed E-state index contributed by atoms with van der Waals surface area (Å²) in [7, 11) is -1.75. The molecule has 0 aliphatic carbocycles. The van der Waals surface area contributed by atoms with Crippen LogP contribution in [0.2, 0.25) is 0 Å². The van der Waals surface area contributed by atoms with E-state index in [0.717, 1.165) is 0 Å². The second kappa shape index (κ2) is 8.05. The van der Waals surface area contributed by atoms with Gasteiger partial charge in [-0.2, -0.15) is 9.29 Å². The topological polar surface area (TPSA) is 97.6 Å². The van der Waals surface area contributed by atoms with E-state index in [2.05, 4.69) is 15.5 Å². The first-order valence-electron chi connectivity index (χ1n) is 9.05. The van der Waals surface area contributed by atoms with Gasteiger partial charge in [-0.15, -0.1) is 0 Å². The zero-order chi connectivity index (χ0) is 19.6. The number of likely N-dealkylation sites (N-methyl/N-ethyl adjacent to an activating group) is 1. The number of sulfonamides is 1. The Morgan fingerprint density at radius 1 is 1.30 bits per heavy atom. The van der Waals surface area contributed by atoms with Crippen molar-refractivity contribution in [3.8, 4) is 11.5 Å². The molecule has 1 aromatic heterocycles. The fraction of sp³-hybridized carbons (Fsp3) is 0.556. The van der Waals surface area contributed by atoms with Gasteiger partial charge < -0.3 is 14.6 Å². The third kappa shape index (κ3) is 4.55. The lowest BCUT2D eigenvalue weighted by atomic mass is 10.2. The number of nitrogens with one attached hydrogen (secondary N) is 1.